The second kappa shape index (κ2) is 6.88. The lowest BCUT2D eigenvalue weighted by Crippen LogP contribution is -2.24. The number of nitrogens with zero attached hydrogens (tertiary/aromatic N) is 2. The van der Waals surface area contributed by atoms with Crippen LogP contribution in [0.1, 0.15) is 0 Å². The number of hydrogen-bond donors (Lipinski definition) is 2. The molecule has 0 aliphatic carbocycles. The van der Waals surface area contributed by atoms with E-state index in [0.717, 1.165) is 0 Å². The van der Waals surface area contributed by atoms with E-state index >= 15 is 0 Å². The minimum absolute atomic E-state index is 0.338. The van der Waals surface area contributed by atoms with E-state index in [2.05, 4.69) is 27.5 Å². The van der Waals surface area contributed by atoms with Gasteiger partial charge in [0.15, 0.2) is 5.11 Å². The van der Waals surface area contributed by atoms with Gasteiger partial charge in [0.25, 0.3) is 0 Å². The van der Waals surface area contributed by atoms with Gasteiger partial charge in [0, 0.05) is 19.4 Å². The van der Waals surface area contributed by atoms with Crippen molar-refractivity contribution in [2.75, 3.05) is 7.05 Å². The van der Waals surface area contributed by atoms with Crippen LogP contribution < -0.4 is 11.1 Å². The summed E-state index contributed by atoms with van der Waals surface area (Å²) in [6.07, 6.45) is 4.88. The largest absolute Gasteiger partial charge is 0.376 e. The Morgan fingerprint density at radius 1 is 1.45 bits per heavy atom. The van der Waals surface area contributed by atoms with Gasteiger partial charge in [-0.2, -0.15) is 0 Å². The average Bonchev–Trinajstić information content (AvgIpc) is 2.09. The Labute approximate surface area is 70.9 Å². The van der Waals surface area contributed by atoms with Crippen LogP contribution in [0.25, 0.3) is 0 Å². The molecule has 0 fully saturated rings. The molecule has 5 heteroatoms. The third-order valence-corrected chi connectivity index (χ3v) is 0.928. The third-order valence-electron chi connectivity index (χ3n) is 0.724. The van der Waals surface area contributed by atoms with Gasteiger partial charge < -0.3 is 11.1 Å². The molecular formula is C6H10N4S. The summed E-state index contributed by atoms with van der Waals surface area (Å²) in [5.74, 6) is 0. The summed E-state index contributed by atoms with van der Waals surface area (Å²) in [6.45, 7) is 0. The standard InChI is InChI=1S/C4H4N2.C2H6N2S/c1-2-5-4-6-3-1;1-4-2(3)5/h1-4H;1H3,(H3,3,4,5). The number of rotatable bonds is 0. The molecule has 0 radical (unpaired) electrons. The monoisotopic (exact) mass is 170 g/mol. The van der Waals surface area contributed by atoms with Crippen molar-refractivity contribution >= 4 is 17.3 Å². The molecule has 0 saturated carbocycles. The summed E-state index contributed by atoms with van der Waals surface area (Å²) in [7, 11) is 1.68. The van der Waals surface area contributed by atoms with Gasteiger partial charge in [-0.15, -0.1) is 0 Å². The topological polar surface area (TPSA) is 63.8 Å². The van der Waals surface area contributed by atoms with E-state index < -0.39 is 0 Å². The Kier molecular flexibility index (Phi) is 6.11. The molecule has 0 spiro atoms. The Balaban J connectivity index is 0.000000187. The van der Waals surface area contributed by atoms with Crippen LogP contribution in [0.5, 0.6) is 0 Å². The predicted molar refractivity (Wildman–Crippen MR) is 47.9 cm³/mol. The summed E-state index contributed by atoms with van der Waals surface area (Å²) < 4.78 is 0. The lowest BCUT2D eigenvalue weighted by Gasteiger charge is -1.85. The first kappa shape index (κ1) is 9.77. The molecule has 0 bridgehead atoms. The highest BCUT2D eigenvalue weighted by atomic mass is 32.1. The molecule has 0 saturated heterocycles. The van der Waals surface area contributed by atoms with E-state index in [1.54, 1.807) is 25.5 Å². The molecule has 3 N–H and O–H groups in total. The van der Waals surface area contributed by atoms with Crippen LogP contribution in [0.15, 0.2) is 24.8 Å². The van der Waals surface area contributed by atoms with Gasteiger partial charge in [0.1, 0.15) is 6.33 Å². The van der Waals surface area contributed by atoms with Crippen molar-refractivity contribution in [1.29, 1.82) is 0 Å². The fourth-order valence-electron chi connectivity index (χ4n) is 0.253. The summed E-state index contributed by atoms with van der Waals surface area (Å²) in [4.78, 5) is 7.35. The number of aromatic nitrogens is 2. The minimum atomic E-state index is 0.338. The van der Waals surface area contributed by atoms with Crippen molar-refractivity contribution in [3.05, 3.63) is 24.8 Å². The van der Waals surface area contributed by atoms with Crippen LogP contribution in [-0.4, -0.2) is 22.1 Å². The first-order valence-corrected chi connectivity index (χ1v) is 3.35. The lowest BCUT2D eigenvalue weighted by atomic mass is 10.7. The first-order chi connectivity index (χ1) is 5.27. The second-order valence-corrected chi connectivity index (χ2v) is 1.96. The fourth-order valence-corrected chi connectivity index (χ4v) is 0.253. The highest BCUT2D eigenvalue weighted by Gasteiger charge is 1.66. The van der Waals surface area contributed by atoms with Crippen molar-refractivity contribution in [1.82, 2.24) is 15.3 Å². The zero-order valence-corrected chi connectivity index (χ0v) is 7.01. The van der Waals surface area contributed by atoms with Crippen LogP contribution in [0.4, 0.5) is 0 Å². The van der Waals surface area contributed by atoms with Crippen molar-refractivity contribution in [2.24, 2.45) is 5.73 Å². The zero-order chi connectivity index (χ0) is 8.53. The van der Waals surface area contributed by atoms with Gasteiger partial charge in [-0.25, -0.2) is 9.97 Å². The fraction of sp³-hybridized carbons (Fsp3) is 0.167. The molecule has 11 heavy (non-hydrogen) atoms. The summed E-state index contributed by atoms with van der Waals surface area (Å²) in [6, 6.07) is 1.78. The van der Waals surface area contributed by atoms with Crippen molar-refractivity contribution in [2.45, 2.75) is 0 Å². The maximum atomic E-state index is 4.91. The van der Waals surface area contributed by atoms with E-state index in [-0.39, 0.29) is 0 Å². The number of nitrogens with one attached hydrogen (secondary N) is 1. The Morgan fingerprint density at radius 2 is 1.91 bits per heavy atom. The molecule has 0 atom stereocenters. The van der Waals surface area contributed by atoms with Gasteiger partial charge in [0.05, 0.1) is 0 Å². The Hall–Kier alpha value is -1.23. The molecule has 4 nitrogen and oxygen atoms in total. The molecule has 0 unspecified atom stereocenters. The highest BCUT2D eigenvalue weighted by Crippen LogP contribution is 1.66. The van der Waals surface area contributed by atoms with Gasteiger partial charge >= 0.3 is 0 Å². The van der Waals surface area contributed by atoms with Gasteiger partial charge in [-0.3, -0.25) is 0 Å². The Bertz CT molecular complexity index is 162. The van der Waals surface area contributed by atoms with Crippen molar-refractivity contribution in [3.8, 4) is 0 Å². The number of hydrogen-bond acceptors (Lipinski definition) is 3. The van der Waals surface area contributed by atoms with E-state index in [1.807, 2.05) is 0 Å². The molecule has 1 heterocycles. The quantitative estimate of drug-likeness (QED) is 0.533. The second-order valence-electron chi connectivity index (χ2n) is 1.52. The van der Waals surface area contributed by atoms with E-state index in [0.29, 0.717) is 5.11 Å². The number of nitrogens with two attached hydrogens (primary N) is 1. The molecule has 0 amide bonds. The van der Waals surface area contributed by atoms with Crippen molar-refractivity contribution in [3.63, 3.8) is 0 Å². The molecule has 1 rings (SSSR count). The predicted octanol–water partition coefficient (Wildman–Crippen LogP) is -0.0740. The summed E-state index contributed by atoms with van der Waals surface area (Å²) in [5, 5.41) is 2.88. The van der Waals surface area contributed by atoms with Crippen LogP contribution in [0, 0.1) is 0 Å². The molecular weight excluding hydrogens is 160 g/mol. The average molecular weight is 170 g/mol. The van der Waals surface area contributed by atoms with E-state index in [4.69, 9.17) is 5.73 Å². The SMILES string of the molecule is CNC(N)=S.c1cncnc1. The molecule has 0 aliphatic rings. The molecule has 1 aromatic rings. The van der Waals surface area contributed by atoms with Gasteiger partial charge in [0.2, 0.25) is 0 Å². The van der Waals surface area contributed by atoms with Crippen LogP contribution in [0.2, 0.25) is 0 Å². The normalized spacial score (nSPS) is 7.36. The van der Waals surface area contributed by atoms with Crippen LogP contribution >= 0.6 is 12.2 Å². The van der Waals surface area contributed by atoms with Crippen LogP contribution in [0.3, 0.4) is 0 Å². The Morgan fingerprint density at radius 3 is 2.00 bits per heavy atom. The van der Waals surface area contributed by atoms with E-state index in [1.165, 1.54) is 6.33 Å². The maximum Gasteiger partial charge on any atom is 0.163 e. The number of thiocarbonyl (C=S) groups is 1. The smallest absolute Gasteiger partial charge is 0.163 e. The first-order valence-electron chi connectivity index (χ1n) is 2.94. The molecule has 0 aromatic carbocycles. The highest BCUT2D eigenvalue weighted by molar-refractivity contribution is 7.80. The van der Waals surface area contributed by atoms with E-state index in [9.17, 15) is 0 Å². The minimum Gasteiger partial charge on any atom is -0.376 e. The lowest BCUT2D eigenvalue weighted by molar-refractivity contribution is 1.17. The summed E-state index contributed by atoms with van der Waals surface area (Å²) >= 11 is 4.36. The molecule has 0 aliphatic heterocycles. The van der Waals surface area contributed by atoms with Gasteiger partial charge in [-0.1, -0.05) is 0 Å². The maximum absolute atomic E-state index is 4.91. The van der Waals surface area contributed by atoms with Crippen LogP contribution in [-0.2, 0) is 0 Å². The molecule has 60 valence electrons. The third kappa shape index (κ3) is 8.77. The zero-order valence-electron chi connectivity index (χ0n) is 6.19. The van der Waals surface area contributed by atoms with Gasteiger partial charge in [-0.05, 0) is 18.3 Å². The molecule has 1 aromatic heterocycles. The summed E-state index contributed by atoms with van der Waals surface area (Å²) in [5.41, 5.74) is 4.91. The van der Waals surface area contributed by atoms with Crippen molar-refractivity contribution < 1.29 is 0 Å².